The van der Waals surface area contributed by atoms with Gasteiger partial charge in [-0.25, -0.2) is 9.18 Å². The van der Waals surface area contributed by atoms with Crippen molar-refractivity contribution in [2.24, 2.45) is 0 Å². The molecule has 35 heavy (non-hydrogen) atoms. The molecule has 1 saturated heterocycles. The number of fused-ring (bicyclic) bond motifs is 1. The monoisotopic (exact) mass is 470 g/mol. The Bertz CT molecular complexity index is 1510. The molecule has 1 aromatic heterocycles. The minimum Gasteiger partial charge on any atom is -0.342 e. The molecule has 0 radical (unpaired) electrons. The van der Waals surface area contributed by atoms with Crippen LogP contribution in [0.1, 0.15) is 16.7 Å². The van der Waals surface area contributed by atoms with Gasteiger partial charge in [-0.15, -0.1) is 0 Å². The van der Waals surface area contributed by atoms with Gasteiger partial charge in [0.25, 0.3) is 11.6 Å². The Morgan fingerprint density at radius 1 is 0.943 bits per heavy atom. The number of nitro groups is 1. The van der Waals surface area contributed by atoms with Crippen molar-refractivity contribution in [2.75, 3.05) is 0 Å². The molecule has 2 heterocycles. The summed E-state index contributed by atoms with van der Waals surface area (Å²) >= 11 is 0. The summed E-state index contributed by atoms with van der Waals surface area (Å²) in [4.78, 5) is 36.9. The van der Waals surface area contributed by atoms with Crippen molar-refractivity contribution in [1.82, 2.24) is 14.8 Å². The van der Waals surface area contributed by atoms with Crippen LogP contribution < -0.4 is 5.32 Å². The first kappa shape index (κ1) is 22.0. The number of nitro benzene ring substituents is 1. The number of para-hydroxylation sites is 1. The SMILES string of the molecule is O=C1NC(=Cc2cn(Cc3ccc([N+](=O)[O-])cc3)c3ccccc23)C(=O)N1Cc1ccccc1F. The fraction of sp³-hybridized carbons (Fsp3) is 0.0769. The van der Waals surface area contributed by atoms with Crippen molar-refractivity contribution in [3.63, 3.8) is 0 Å². The smallest absolute Gasteiger partial charge is 0.329 e. The van der Waals surface area contributed by atoms with Crippen molar-refractivity contribution in [1.29, 1.82) is 0 Å². The minimum atomic E-state index is -0.612. The van der Waals surface area contributed by atoms with E-state index in [1.165, 1.54) is 24.3 Å². The van der Waals surface area contributed by atoms with Gasteiger partial charge in [0.15, 0.2) is 0 Å². The molecule has 174 valence electrons. The number of hydrogen-bond acceptors (Lipinski definition) is 4. The normalized spacial score (nSPS) is 14.7. The van der Waals surface area contributed by atoms with Gasteiger partial charge in [-0.3, -0.25) is 19.8 Å². The average molecular weight is 470 g/mol. The van der Waals surface area contributed by atoms with Gasteiger partial charge in [-0.1, -0.05) is 48.5 Å². The summed E-state index contributed by atoms with van der Waals surface area (Å²) in [6.07, 6.45) is 3.47. The summed E-state index contributed by atoms with van der Waals surface area (Å²) in [6, 6.07) is 19.3. The maximum Gasteiger partial charge on any atom is 0.329 e. The maximum absolute atomic E-state index is 14.0. The second kappa shape index (κ2) is 8.86. The summed E-state index contributed by atoms with van der Waals surface area (Å²) in [6.45, 7) is 0.290. The van der Waals surface area contributed by atoms with Crippen molar-refractivity contribution in [3.8, 4) is 0 Å². The molecule has 1 aliphatic heterocycles. The molecule has 0 unspecified atom stereocenters. The zero-order valence-electron chi connectivity index (χ0n) is 18.3. The third-order valence-corrected chi connectivity index (χ3v) is 5.87. The predicted octanol–water partition coefficient (Wildman–Crippen LogP) is 4.83. The molecule has 3 amide bonds. The highest BCUT2D eigenvalue weighted by atomic mass is 19.1. The second-order valence-corrected chi connectivity index (χ2v) is 8.12. The summed E-state index contributed by atoms with van der Waals surface area (Å²) < 4.78 is 16.0. The van der Waals surface area contributed by atoms with Crippen LogP contribution in [-0.4, -0.2) is 26.3 Å². The number of carbonyl (C=O) groups is 2. The van der Waals surface area contributed by atoms with Gasteiger partial charge in [0.1, 0.15) is 11.5 Å². The number of rotatable bonds is 6. The number of benzene rings is 3. The topological polar surface area (TPSA) is 97.5 Å². The molecule has 0 atom stereocenters. The zero-order valence-corrected chi connectivity index (χ0v) is 18.3. The third-order valence-electron chi connectivity index (χ3n) is 5.87. The Labute approximate surface area is 199 Å². The van der Waals surface area contributed by atoms with Gasteiger partial charge in [0.2, 0.25) is 0 Å². The number of aromatic nitrogens is 1. The Balaban J connectivity index is 1.44. The van der Waals surface area contributed by atoms with Crippen LogP contribution in [0.15, 0.2) is 84.7 Å². The minimum absolute atomic E-state index is 0.0203. The number of urea groups is 1. The van der Waals surface area contributed by atoms with Crippen molar-refractivity contribution >= 4 is 34.6 Å². The molecule has 9 heteroatoms. The molecule has 0 spiro atoms. The van der Waals surface area contributed by atoms with Gasteiger partial charge >= 0.3 is 6.03 Å². The first-order chi connectivity index (χ1) is 16.9. The molecule has 8 nitrogen and oxygen atoms in total. The Morgan fingerprint density at radius 3 is 2.40 bits per heavy atom. The first-order valence-corrected chi connectivity index (χ1v) is 10.8. The van der Waals surface area contributed by atoms with E-state index in [4.69, 9.17) is 0 Å². The predicted molar refractivity (Wildman–Crippen MR) is 128 cm³/mol. The number of imide groups is 1. The Hall–Kier alpha value is -4.79. The Morgan fingerprint density at radius 2 is 1.66 bits per heavy atom. The van der Waals surface area contributed by atoms with Gasteiger partial charge < -0.3 is 9.88 Å². The van der Waals surface area contributed by atoms with Gasteiger partial charge in [-0.2, -0.15) is 0 Å². The molecule has 0 saturated carbocycles. The first-order valence-electron chi connectivity index (χ1n) is 10.8. The lowest BCUT2D eigenvalue weighted by Gasteiger charge is -2.12. The number of hydrogen-bond donors (Lipinski definition) is 1. The van der Waals surface area contributed by atoms with E-state index in [1.54, 1.807) is 30.3 Å². The quantitative estimate of drug-likeness (QED) is 0.189. The highest BCUT2D eigenvalue weighted by Gasteiger charge is 2.34. The fourth-order valence-electron chi connectivity index (χ4n) is 4.11. The second-order valence-electron chi connectivity index (χ2n) is 8.12. The van der Waals surface area contributed by atoms with E-state index in [9.17, 15) is 24.1 Å². The largest absolute Gasteiger partial charge is 0.342 e. The summed E-state index contributed by atoms with van der Waals surface area (Å²) in [5.74, 6) is -1.02. The maximum atomic E-state index is 14.0. The van der Waals surface area contributed by atoms with E-state index in [2.05, 4.69) is 5.32 Å². The molecule has 5 rings (SSSR count). The number of carbonyl (C=O) groups excluding carboxylic acids is 2. The van der Waals surface area contributed by atoms with Crippen LogP contribution in [0.4, 0.5) is 14.9 Å². The van der Waals surface area contributed by atoms with Gasteiger partial charge in [0.05, 0.1) is 11.5 Å². The zero-order chi connectivity index (χ0) is 24.5. The van der Waals surface area contributed by atoms with Crippen LogP contribution in [0.5, 0.6) is 0 Å². The molecular weight excluding hydrogens is 451 g/mol. The summed E-state index contributed by atoms with van der Waals surface area (Å²) in [5.41, 5.74) is 2.86. The van der Waals surface area contributed by atoms with E-state index < -0.39 is 22.7 Å². The third kappa shape index (κ3) is 4.26. The lowest BCUT2D eigenvalue weighted by Crippen LogP contribution is -2.30. The lowest BCUT2D eigenvalue weighted by molar-refractivity contribution is -0.384. The molecule has 3 aromatic carbocycles. The molecule has 0 aliphatic carbocycles. The fourth-order valence-corrected chi connectivity index (χ4v) is 4.11. The highest BCUT2D eigenvalue weighted by Crippen LogP contribution is 2.26. The molecular formula is C26H19FN4O4. The molecule has 1 fully saturated rings. The number of amides is 3. The van der Waals surface area contributed by atoms with Gasteiger partial charge in [0, 0.05) is 46.9 Å². The number of halogens is 1. The van der Waals surface area contributed by atoms with Crippen molar-refractivity contribution in [3.05, 3.63) is 117 Å². The van der Waals surface area contributed by atoms with Crippen molar-refractivity contribution < 1.29 is 18.9 Å². The summed E-state index contributed by atoms with van der Waals surface area (Å²) in [5, 5.41) is 14.4. The van der Waals surface area contributed by atoms with Crippen LogP contribution in [0.3, 0.4) is 0 Å². The average Bonchev–Trinajstić information content (AvgIpc) is 3.32. The number of non-ortho nitro benzene ring substituents is 1. The van der Waals surface area contributed by atoms with Crippen LogP contribution >= 0.6 is 0 Å². The van der Waals surface area contributed by atoms with E-state index in [-0.39, 0.29) is 23.5 Å². The van der Waals surface area contributed by atoms with Crippen LogP contribution in [0, 0.1) is 15.9 Å². The van der Waals surface area contributed by atoms with Gasteiger partial charge in [-0.05, 0) is 23.8 Å². The molecule has 1 aliphatic rings. The van der Waals surface area contributed by atoms with E-state index >= 15 is 0 Å². The van der Waals surface area contributed by atoms with Crippen molar-refractivity contribution in [2.45, 2.75) is 13.1 Å². The molecule has 4 aromatic rings. The lowest BCUT2D eigenvalue weighted by atomic mass is 10.1. The van der Waals surface area contributed by atoms with Crippen LogP contribution in [-0.2, 0) is 17.9 Å². The van der Waals surface area contributed by atoms with Crippen LogP contribution in [0.2, 0.25) is 0 Å². The number of nitrogens with one attached hydrogen (secondary N) is 1. The highest BCUT2D eigenvalue weighted by molar-refractivity contribution is 6.14. The molecule has 1 N–H and O–H groups in total. The van der Waals surface area contributed by atoms with E-state index in [1.807, 2.05) is 35.0 Å². The summed E-state index contributed by atoms with van der Waals surface area (Å²) in [7, 11) is 0. The number of nitrogens with zero attached hydrogens (tertiary/aromatic N) is 3. The van der Waals surface area contributed by atoms with E-state index in [0.717, 1.165) is 26.9 Å². The standard InChI is InChI=1S/C26H19FN4O4/c27-22-7-3-1-5-18(22)16-30-25(32)23(28-26(30)33)13-19-15-29(24-8-4-2-6-21(19)24)14-17-9-11-20(12-10-17)31(34)35/h1-13,15H,14,16H2,(H,28,33). The molecule has 0 bridgehead atoms. The van der Waals surface area contributed by atoms with E-state index in [0.29, 0.717) is 6.54 Å². The van der Waals surface area contributed by atoms with Crippen LogP contribution in [0.25, 0.3) is 17.0 Å². The Kier molecular flexibility index (Phi) is 5.58.